The third kappa shape index (κ3) is 5.89. The van der Waals surface area contributed by atoms with Crippen LogP contribution < -0.4 is 10.1 Å². The summed E-state index contributed by atoms with van der Waals surface area (Å²) in [5.74, 6) is -1.57. The molecule has 1 amide bonds. The van der Waals surface area contributed by atoms with Crippen LogP contribution in [0.4, 0.5) is 14.5 Å². The van der Waals surface area contributed by atoms with E-state index in [0.717, 1.165) is 12.1 Å². The lowest BCUT2D eigenvalue weighted by atomic mass is 9.97. The van der Waals surface area contributed by atoms with Crippen LogP contribution in [0.1, 0.15) is 36.8 Å². The highest BCUT2D eigenvalue weighted by Gasteiger charge is 2.36. The van der Waals surface area contributed by atoms with E-state index in [9.17, 15) is 22.0 Å². The SMILES string of the molecule is CCOc1ccccc1NC(=O)C1CCN(S(=O)(=O)c2c(C)noc2/C=C/c2ccc(F)cc2F)CC1. The number of nitrogens with one attached hydrogen (secondary N) is 1. The second-order valence-electron chi connectivity index (χ2n) is 8.56. The Morgan fingerprint density at radius 3 is 2.62 bits per heavy atom. The average molecular weight is 532 g/mol. The Hall–Kier alpha value is -3.57. The van der Waals surface area contributed by atoms with Crippen LogP contribution >= 0.6 is 0 Å². The van der Waals surface area contributed by atoms with Gasteiger partial charge in [0.1, 0.15) is 23.1 Å². The molecule has 11 heteroatoms. The molecular formula is C26H27F2N3O5S. The molecule has 1 saturated heterocycles. The molecule has 0 aliphatic carbocycles. The average Bonchev–Trinajstić information content (AvgIpc) is 3.26. The number of halogens is 2. The maximum atomic E-state index is 14.0. The zero-order valence-electron chi connectivity index (χ0n) is 20.4. The molecule has 3 aromatic rings. The van der Waals surface area contributed by atoms with E-state index in [4.69, 9.17) is 9.26 Å². The van der Waals surface area contributed by atoms with Crippen molar-refractivity contribution in [2.75, 3.05) is 25.0 Å². The summed E-state index contributed by atoms with van der Waals surface area (Å²) in [5, 5.41) is 6.66. The third-order valence-electron chi connectivity index (χ3n) is 6.08. The first-order valence-electron chi connectivity index (χ1n) is 11.8. The monoisotopic (exact) mass is 531 g/mol. The van der Waals surface area contributed by atoms with Crippen molar-refractivity contribution < 1.29 is 31.3 Å². The molecule has 1 aliphatic rings. The zero-order valence-corrected chi connectivity index (χ0v) is 21.2. The number of benzene rings is 2. The topological polar surface area (TPSA) is 102 Å². The Bertz CT molecular complexity index is 1410. The van der Waals surface area contributed by atoms with Gasteiger partial charge < -0.3 is 14.6 Å². The highest BCUT2D eigenvalue weighted by atomic mass is 32.2. The summed E-state index contributed by atoms with van der Waals surface area (Å²) in [4.78, 5) is 12.7. The maximum Gasteiger partial charge on any atom is 0.248 e. The van der Waals surface area contributed by atoms with Crippen molar-refractivity contribution in [3.05, 3.63) is 71.1 Å². The number of amides is 1. The van der Waals surface area contributed by atoms with Crippen molar-refractivity contribution in [1.29, 1.82) is 0 Å². The molecular weight excluding hydrogens is 504 g/mol. The fraction of sp³-hybridized carbons (Fsp3) is 0.308. The molecule has 0 saturated carbocycles. The number of aromatic nitrogens is 1. The highest BCUT2D eigenvalue weighted by molar-refractivity contribution is 7.89. The predicted molar refractivity (Wildman–Crippen MR) is 134 cm³/mol. The Morgan fingerprint density at radius 1 is 1.19 bits per heavy atom. The number of carbonyl (C=O) groups excluding carboxylic acids is 1. The zero-order chi connectivity index (χ0) is 26.6. The van der Waals surface area contributed by atoms with E-state index >= 15 is 0 Å². The standard InChI is InChI=1S/C26H27F2N3O5S/c1-3-35-23-7-5-4-6-22(23)29-26(32)19-12-14-31(15-13-19)37(33,34)25-17(2)30-36-24(25)11-9-18-8-10-20(27)16-21(18)28/h4-11,16,19H,3,12-15H2,1-2H3,(H,29,32)/b11-9+. The molecule has 196 valence electrons. The molecule has 2 heterocycles. The Labute approximate surface area is 214 Å². The molecule has 0 atom stereocenters. The minimum absolute atomic E-state index is 0.0615. The van der Waals surface area contributed by atoms with Crippen molar-refractivity contribution in [3.63, 3.8) is 0 Å². The van der Waals surface area contributed by atoms with Gasteiger partial charge in [0.15, 0.2) is 10.7 Å². The van der Waals surface area contributed by atoms with Gasteiger partial charge in [-0.05, 0) is 63.1 Å². The van der Waals surface area contributed by atoms with Crippen LogP contribution in [0.2, 0.25) is 0 Å². The van der Waals surface area contributed by atoms with E-state index < -0.39 is 21.7 Å². The fourth-order valence-electron chi connectivity index (χ4n) is 4.17. The first-order valence-corrected chi connectivity index (χ1v) is 13.3. The smallest absolute Gasteiger partial charge is 0.248 e. The van der Waals surface area contributed by atoms with Crippen LogP contribution in [0.25, 0.3) is 12.2 Å². The van der Waals surface area contributed by atoms with Gasteiger partial charge in [-0.1, -0.05) is 17.3 Å². The quantitative estimate of drug-likeness (QED) is 0.445. The minimum atomic E-state index is -4.00. The van der Waals surface area contributed by atoms with Crippen LogP contribution in [0, 0.1) is 24.5 Å². The fourth-order valence-corrected chi connectivity index (χ4v) is 5.89. The molecule has 4 rings (SSSR count). The van der Waals surface area contributed by atoms with Crippen molar-refractivity contribution >= 4 is 33.8 Å². The van der Waals surface area contributed by atoms with E-state index in [-0.39, 0.29) is 46.8 Å². The number of aryl methyl sites for hydroxylation is 1. The van der Waals surface area contributed by atoms with Gasteiger partial charge in [0, 0.05) is 30.6 Å². The van der Waals surface area contributed by atoms with Crippen molar-refractivity contribution in [2.45, 2.75) is 31.6 Å². The normalized spacial score (nSPS) is 15.2. The highest BCUT2D eigenvalue weighted by Crippen LogP contribution is 2.31. The maximum absolute atomic E-state index is 14.0. The number of rotatable bonds is 8. The summed E-state index contributed by atoms with van der Waals surface area (Å²) in [5.41, 5.74) is 0.793. The van der Waals surface area contributed by atoms with E-state index in [1.54, 1.807) is 18.2 Å². The van der Waals surface area contributed by atoms with Crippen LogP contribution in [0.5, 0.6) is 5.75 Å². The van der Waals surface area contributed by atoms with E-state index in [2.05, 4.69) is 10.5 Å². The number of nitrogens with zero attached hydrogens (tertiary/aromatic N) is 2. The molecule has 2 aromatic carbocycles. The lowest BCUT2D eigenvalue weighted by molar-refractivity contribution is -0.120. The van der Waals surface area contributed by atoms with Crippen molar-refractivity contribution in [1.82, 2.24) is 9.46 Å². The van der Waals surface area contributed by atoms with Crippen molar-refractivity contribution in [3.8, 4) is 5.75 Å². The number of anilines is 1. The van der Waals surface area contributed by atoms with Gasteiger partial charge in [-0.15, -0.1) is 0 Å². The lowest BCUT2D eigenvalue weighted by Gasteiger charge is -2.30. The molecule has 0 spiro atoms. The number of hydrogen-bond donors (Lipinski definition) is 1. The molecule has 0 bridgehead atoms. The number of para-hydroxylation sites is 2. The Balaban J connectivity index is 1.45. The number of hydrogen-bond acceptors (Lipinski definition) is 6. The van der Waals surface area contributed by atoms with Crippen LogP contribution in [0.3, 0.4) is 0 Å². The van der Waals surface area contributed by atoms with Crippen LogP contribution in [-0.2, 0) is 14.8 Å². The van der Waals surface area contributed by atoms with Crippen LogP contribution in [0.15, 0.2) is 51.9 Å². The largest absolute Gasteiger partial charge is 0.492 e. The lowest BCUT2D eigenvalue weighted by Crippen LogP contribution is -2.41. The van der Waals surface area contributed by atoms with Gasteiger partial charge in [0.25, 0.3) is 0 Å². The molecule has 37 heavy (non-hydrogen) atoms. The number of carbonyl (C=O) groups is 1. The summed E-state index contributed by atoms with van der Waals surface area (Å²) in [6, 6.07) is 10.2. The summed E-state index contributed by atoms with van der Waals surface area (Å²) < 4.78 is 66.1. The summed E-state index contributed by atoms with van der Waals surface area (Å²) in [6.07, 6.45) is 3.25. The molecule has 0 radical (unpaired) electrons. The Kier molecular flexibility index (Phi) is 8.03. The molecule has 8 nitrogen and oxygen atoms in total. The van der Waals surface area contributed by atoms with E-state index in [1.807, 2.05) is 13.0 Å². The second kappa shape index (κ2) is 11.2. The van der Waals surface area contributed by atoms with Gasteiger partial charge in [-0.2, -0.15) is 4.31 Å². The summed E-state index contributed by atoms with van der Waals surface area (Å²) in [7, 11) is -4.00. The Morgan fingerprint density at radius 2 is 1.92 bits per heavy atom. The number of ether oxygens (including phenoxy) is 1. The van der Waals surface area contributed by atoms with Gasteiger partial charge in [-0.3, -0.25) is 4.79 Å². The molecule has 1 aliphatic heterocycles. The van der Waals surface area contributed by atoms with Gasteiger partial charge in [0.05, 0.1) is 12.3 Å². The van der Waals surface area contributed by atoms with Crippen LogP contribution in [-0.4, -0.2) is 43.5 Å². The summed E-state index contributed by atoms with van der Waals surface area (Å²) >= 11 is 0. The van der Waals surface area contributed by atoms with Gasteiger partial charge in [0.2, 0.25) is 15.9 Å². The van der Waals surface area contributed by atoms with Crippen molar-refractivity contribution in [2.24, 2.45) is 5.92 Å². The predicted octanol–water partition coefficient (Wildman–Crippen LogP) is 4.87. The van der Waals surface area contributed by atoms with E-state index in [1.165, 1.54) is 29.4 Å². The van der Waals surface area contributed by atoms with Gasteiger partial charge >= 0.3 is 0 Å². The molecule has 1 N–H and O–H groups in total. The third-order valence-corrected chi connectivity index (χ3v) is 8.13. The first-order chi connectivity index (χ1) is 17.7. The summed E-state index contributed by atoms with van der Waals surface area (Å²) in [6.45, 7) is 4.08. The first kappa shape index (κ1) is 26.5. The van der Waals surface area contributed by atoms with E-state index in [0.29, 0.717) is 30.9 Å². The molecule has 0 unspecified atom stereocenters. The number of sulfonamides is 1. The number of piperidine rings is 1. The second-order valence-corrected chi connectivity index (χ2v) is 10.4. The molecule has 1 aromatic heterocycles. The molecule has 1 fully saturated rings. The van der Waals surface area contributed by atoms with Gasteiger partial charge in [-0.25, -0.2) is 17.2 Å². The minimum Gasteiger partial charge on any atom is -0.492 e.